The first-order chi connectivity index (χ1) is 9.90. The molecule has 0 aliphatic heterocycles. The number of nitro groups is 1. The van der Waals surface area contributed by atoms with Crippen LogP contribution in [0, 0.1) is 16.0 Å². The van der Waals surface area contributed by atoms with E-state index >= 15 is 0 Å². The normalized spacial score (nSPS) is 10.7. The summed E-state index contributed by atoms with van der Waals surface area (Å²) in [6.45, 7) is 5.58. The van der Waals surface area contributed by atoms with E-state index in [2.05, 4.69) is 26.6 Å². The Bertz CT molecular complexity index is 506. The van der Waals surface area contributed by atoms with Crippen molar-refractivity contribution in [2.75, 3.05) is 13.1 Å². The van der Waals surface area contributed by atoms with Crippen molar-refractivity contribution in [1.82, 2.24) is 10.6 Å². The van der Waals surface area contributed by atoms with E-state index in [1.807, 2.05) is 13.8 Å². The summed E-state index contributed by atoms with van der Waals surface area (Å²) in [5.41, 5.74) is 0.673. The Morgan fingerprint density at radius 2 is 2.14 bits per heavy atom. The minimum atomic E-state index is -0.406. The van der Waals surface area contributed by atoms with Crippen molar-refractivity contribution in [3.8, 4) is 0 Å². The third-order valence-corrected chi connectivity index (χ3v) is 3.29. The minimum absolute atomic E-state index is 0.0125. The van der Waals surface area contributed by atoms with Crippen LogP contribution in [0.25, 0.3) is 0 Å². The summed E-state index contributed by atoms with van der Waals surface area (Å²) in [6, 6.07) is 4.94. The smallest absolute Gasteiger partial charge is 0.275 e. The summed E-state index contributed by atoms with van der Waals surface area (Å²) in [6.07, 6.45) is 0.358. The molecule has 0 spiro atoms. The number of carbonyl (C=O) groups excluding carboxylic acids is 1. The highest BCUT2D eigenvalue weighted by atomic mass is 79.9. The van der Waals surface area contributed by atoms with Crippen molar-refractivity contribution in [2.45, 2.75) is 26.8 Å². The van der Waals surface area contributed by atoms with Gasteiger partial charge in [-0.15, -0.1) is 0 Å². The number of rotatable bonds is 8. The monoisotopic (exact) mass is 357 g/mol. The predicted octanol–water partition coefficient (Wildman–Crippen LogP) is 2.61. The minimum Gasteiger partial charge on any atom is -0.356 e. The van der Waals surface area contributed by atoms with Crippen molar-refractivity contribution >= 4 is 27.5 Å². The van der Waals surface area contributed by atoms with Crippen LogP contribution in [-0.2, 0) is 11.3 Å². The highest BCUT2D eigenvalue weighted by Crippen LogP contribution is 2.23. The van der Waals surface area contributed by atoms with Crippen molar-refractivity contribution in [3.05, 3.63) is 38.3 Å². The number of nitrogens with one attached hydrogen (secondary N) is 2. The lowest BCUT2D eigenvalue weighted by molar-refractivity contribution is -0.385. The average molecular weight is 358 g/mol. The van der Waals surface area contributed by atoms with Crippen LogP contribution < -0.4 is 10.6 Å². The summed E-state index contributed by atoms with van der Waals surface area (Å²) >= 11 is 3.22. The summed E-state index contributed by atoms with van der Waals surface area (Å²) in [4.78, 5) is 22.1. The molecular formula is C14H20BrN3O3. The van der Waals surface area contributed by atoms with Crippen molar-refractivity contribution in [2.24, 2.45) is 5.92 Å². The molecule has 0 heterocycles. The lowest BCUT2D eigenvalue weighted by atomic mass is 10.2. The molecule has 6 nitrogen and oxygen atoms in total. The molecule has 0 saturated heterocycles. The topological polar surface area (TPSA) is 84.3 Å². The van der Waals surface area contributed by atoms with Gasteiger partial charge in [0.15, 0.2) is 0 Å². The average Bonchev–Trinajstić information content (AvgIpc) is 2.42. The molecule has 7 heteroatoms. The SMILES string of the molecule is CC(C)CNC(=O)CCNCc1ccc(Br)cc1[N+](=O)[O-]. The molecule has 1 rings (SSSR count). The molecule has 0 fully saturated rings. The number of hydrogen-bond acceptors (Lipinski definition) is 4. The van der Waals surface area contributed by atoms with E-state index in [0.29, 0.717) is 42.0 Å². The van der Waals surface area contributed by atoms with Gasteiger partial charge in [0, 0.05) is 42.2 Å². The van der Waals surface area contributed by atoms with Gasteiger partial charge in [-0.1, -0.05) is 29.8 Å². The van der Waals surface area contributed by atoms with E-state index in [9.17, 15) is 14.9 Å². The van der Waals surface area contributed by atoms with Crippen LogP contribution in [-0.4, -0.2) is 23.9 Å². The molecule has 0 aliphatic rings. The zero-order chi connectivity index (χ0) is 15.8. The number of amides is 1. The van der Waals surface area contributed by atoms with Gasteiger partial charge in [-0.3, -0.25) is 14.9 Å². The highest BCUT2D eigenvalue weighted by molar-refractivity contribution is 9.10. The maximum atomic E-state index is 11.5. The van der Waals surface area contributed by atoms with Gasteiger partial charge in [-0.25, -0.2) is 0 Å². The van der Waals surface area contributed by atoms with Gasteiger partial charge in [-0.2, -0.15) is 0 Å². The van der Waals surface area contributed by atoms with Gasteiger partial charge in [0.2, 0.25) is 5.91 Å². The quantitative estimate of drug-likeness (QED) is 0.425. The van der Waals surface area contributed by atoms with Gasteiger partial charge in [-0.05, 0) is 18.1 Å². The Balaban J connectivity index is 2.39. The Labute approximate surface area is 132 Å². The molecule has 0 unspecified atom stereocenters. The van der Waals surface area contributed by atoms with E-state index in [1.165, 1.54) is 6.07 Å². The molecule has 1 aromatic carbocycles. The van der Waals surface area contributed by atoms with E-state index < -0.39 is 4.92 Å². The molecule has 0 atom stereocenters. The first-order valence-electron chi connectivity index (χ1n) is 6.80. The van der Waals surface area contributed by atoms with Crippen LogP contribution in [0.3, 0.4) is 0 Å². The van der Waals surface area contributed by atoms with Crippen molar-refractivity contribution < 1.29 is 9.72 Å². The Hall–Kier alpha value is -1.47. The number of carbonyl (C=O) groups is 1. The molecule has 0 bridgehead atoms. The molecule has 0 saturated carbocycles. The summed E-state index contributed by atoms with van der Waals surface area (Å²) in [5, 5.41) is 16.8. The number of nitrogens with zero attached hydrogens (tertiary/aromatic N) is 1. The summed E-state index contributed by atoms with van der Waals surface area (Å²) in [7, 11) is 0. The van der Waals surface area contributed by atoms with Crippen LogP contribution in [0.1, 0.15) is 25.8 Å². The van der Waals surface area contributed by atoms with Crippen LogP contribution in [0.15, 0.2) is 22.7 Å². The fourth-order valence-electron chi connectivity index (χ4n) is 1.69. The second kappa shape index (κ2) is 8.74. The maximum absolute atomic E-state index is 11.5. The molecule has 1 aromatic rings. The van der Waals surface area contributed by atoms with E-state index in [0.717, 1.165) is 0 Å². The molecule has 0 aromatic heterocycles. The van der Waals surface area contributed by atoms with E-state index in [-0.39, 0.29) is 11.6 Å². The standard InChI is InChI=1S/C14H20BrN3O3/c1-10(2)8-17-14(19)5-6-16-9-11-3-4-12(15)7-13(11)18(20)21/h3-4,7,10,16H,5-6,8-9H2,1-2H3,(H,17,19). The Morgan fingerprint density at radius 1 is 1.43 bits per heavy atom. The van der Waals surface area contributed by atoms with E-state index in [1.54, 1.807) is 12.1 Å². The van der Waals surface area contributed by atoms with Crippen LogP contribution in [0.4, 0.5) is 5.69 Å². The number of nitro benzene ring substituents is 1. The lowest BCUT2D eigenvalue weighted by Gasteiger charge is -2.08. The molecule has 0 radical (unpaired) electrons. The molecule has 2 N–H and O–H groups in total. The zero-order valence-electron chi connectivity index (χ0n) is 12.2. The summed E-state index contributed by atoms with van der Waals surface area (Å²) < 4.78 is 0.672. The van der Waals surface area contributed by atoms with Crippen LogP contribution >= 0.6 is 15.9 Å². The number of halogens is 1. The molecular weight excluding hydrogens is 338 g/mol. The fraction of sp³-hybridized carbons (Fsp3) is 0.500. The van der Waals surface area contributed by atoms with Gasteiger partial charge in [0.05, 0.1) is 4.92 Å². The fourth-order valence-corrected chi connectivity index (χ4v) is 2.04. The van der Waals surface area contributed by atoms with Crippen LogP contribution in [0.2, 0.25) is 0 Å². The second-order valence-corrected chi connectivity index (χ2v) is 6.07. The third kappa shape index (κ3) is 6.68. The zero-order valence-corrected chi connectivity index (χ0v) is 13.8. The molecule has 1 amide bonds. The van der Waals surface area contributed by atoms with Crippen LogP contribution in [0.5, 0.6) is 0 Å². The Morgan fingerprint density at radius 3 is 2.76 bits per heavy atom. The van der Waals surface area contributed by atoms with Gasteiger partial charge < -0.3 is 10.6 Å². The first kappa shape index (κ1) is 17.6. The van der Waals surface area contributed by atoms with Gasteiger partial charge in [0.1, 0.15) is 0 Å². The predicted molar refractivity (Wildman–Crippen MR) is 85.0 cm³/mol. The summed E-state index contributed by atoms with van der Waals surface area (Å²) in [5.74, 6) is 0.411. The molecule has 116 valence electrons. The lowest BCUT2D eigenvalue weighted by Crippen LogP contribution is -2.30. The second-order valence-electron chi connectivity index (χ2n) is 5.15. The van der Waals surface area contributed by atoms with Gasteiger partial charge in [0.25, 0.3) is 5.69 Å². The Kier molecular flexibility index (Phi) is 7.31. The largest absolute Gasteiger partial charge is 0.356 e. The number of benzene rings is 1. The highest BCUT2D eigenvalue weighted by Gasteiger charge is 2.13. The molecule has 21 heavy (non-hydrogen) atoms. The number of hydrogen-bond donors (Lipinski definition) is 2. The van der Waals surface area contributed by atoms with Crippen molar-refractivity contribution in [3.63, 3.8) is 0 Å². The van der Waals surface area contributed by atoms with E-state index in [4.69, 9.17) is 0 Å². The van der Waals surface area contributed by atoms with Crippen molar-refractivity contribution in [1.29, 1.82) is 0 Å². The van der Waals surface area contributed by atoms with Gasteiger partial charge >= 0.3 is 0 Å². The molecule has 0 aliphatic carbocycles. The maximum Gasteiger partial charge on any atom is 0.275 e. The first-order valence-corrected chi connectivity index (χ1v) is 7.59. The third-order valence-electron chi connectivity index (χ3n) is 2.80.